The highest BCUT2D eigenvalue weighted by Gasteiger charge is 2.15. The average molecular weight is 337 g/mol. The summed E-state index contributed by atoms with van der Waals surface area (Å²) in [5, 5.41) is 14.0. The van der Waals surface area contributed by atoms with E-state index in [2.05, 4.69) is 21.2 Å². The number of halogens is 1. The van der Waals surface area contributed by atoms with Gasteiger partial charge in [-0.05, 0) is 46.7 Å². The van der Waals surface area contributed by atoms with Gasteiger partial charge >= 0.3 is 5.69 Å². The van der Waals surface area contributed by atoms with Gasteiger partial charge in [0.1, 0.15) is 5.75 Å². The maximum absolute atomic E-state index is 10.9. The van der Waals surface area contributed by atoms with Gasteiger partial charge in [-0.25, -0.2) is 0 Å². The Bertz CT molecular complexity index is 632. The molecule has 0 spiro atoms. The van der Waals surface area contributed by atoms with Crippen LogP contribution < -0.4 is 10.1 Å². The number of hydrogen-bond donors (Lipinski definition) is 1. The lowest BCUT2D eigenvalue weighted by atomic mass is 10.2. The fourth-order valence-corrected chi connectivity index (χ4v) is 2.26. The Morgan fingerprint density at radius 1 is 1.25 bits per heavy atom. The van der Waals surface area contributed by atoms with Crippen molar-refractivity contribution in [2.45, 2.75) is 6.54 Å². The number of nitro groups is 1. The first-order chi connectivity index (χ1) is 9.61. The summed E-state index contributed by atoms with van der Waals surface area (Å²) in [5.41, 5.74) is 1.04. The predicted molar refractivity (Wildman–Crippen MR) is 80.1 cm³/mol. The van der Waals surface area contributed by atoms with Crippen molar-refractivity contribution >= 4 is 21.6 Å². The largest absolute Gasteiger partial charge is 0.449 e. The summed E-state index contributed by atoms with van der Waals surface area (Å²) in [5.74, 6) is 0.763. The van der Waals surface area contributed by atoms with E-state index < -0.39 is 4.92 Å². The molecule has 2 aromatic rings. The molecule has 0 bridgehead atoms. The quantitative estimate of drug-likeness (QED) is 0.664. The highest BCUT2D eigenvalue weighted by molar-refractivity contribution is 9.10. The lowest BCUT2D eigenvalue weighted by molar-refractivity contribution is -0.385. The molecule has 0 radical (unpaired) electrons. The van der Waals surface area contributed by atoms with Gasteiger partial charge in [-0.15, -0.1) is 0 Å². The molecule has 2 rings (SSSR count). The molecule has 0 aliphatic rings. The van der Waals surface area contributed by atoms with E-state index in [4.69, 9.17) is 4.74 Å². The Morgan fingerprint density at radius 3 is 2.65 bits per heavy atom. The molecule has 0 saturated carbocycles. The molecule has 0 fully saturated rings. The minimum atomic E-state index is -0.460. The topological polar surface area (TPSA) is 64.4 Å². The van der Waals surface area contributed by atoms with Crippen LogP contribution in [0, 0.1) is 10.1 Å². The third kappa shape index (κ3) is 3.34. The average Bonchev–Trinajstić information content (AvgIpc) is 2.42. The highest BCUT2D eigenvalue weighted by atomic mass is 79.9. The summed E-state index contributed by atoms with van der Waals surface area (Å²) in [4.78, 5) is 10.5. The molecular weight excluding hydrogens is 324 g/mol. The van der Waals surface area contributed by atoms with E-state index >= 15 is 0 Å². The van der Waals surface area contributed by atoms with E-state index in [0.717, 1.165) is 16.6 Å². The van der Waals surface area contributed by atoms with Gasteiger partial charge in [0.2, 0.25) is 5.75 Å². The van der Waals surface area contributed by atoms with Crippen LogP contribution >= 0.6 is 15.9 Å². The van der Waals surface area contributed by atoms with Crippen LogP contribution in [-0.2, 0) is 6.54 Å². The first kappa shape index (κ1) is 14.5. The SMILES string of the molecule is CNCc1ccc(Oc2ccccc2[N+](=O)[O-])c(Br)c1. The maximum atomic E-state index is 10.9. The second-order valence-corrected chi connectivity index (χ2v) is 4.98. The van der Waals surface area contributed by atoms with Crippen molar-refractivity contribution in [1.82, 2.24) is 5.32 Å². The number of nitrogens with zero attached hydrogens (tertiary/aromatic N) is 1. The molecule has 0 atom stereocenters. The van der Waals surface area contributed by atoms with Gasteiger partial charge in [0, 0.05) is 12.6 Å². The van der Waals surface area contributed by atoms with Crippen LogP contribution in [0.2, 0.25) is 0 Å². The first-order valence-electron chi connectivity index (χ1n) is 5.96. The minimum absolute atomic E-state index is 0.0568. The third-order valence-corrected chi connectivity index (χ3v) is 3.28. The molecule has 0 amide bonds. The van der Waals surface area contributed by atoms with Crippen molar-refractivity contribution in [3.8, 4) is 11.5 Å². The Kier molecular flexibility index (Phi) is 4.70. The zero-order valence-corrected chi connectivity index (χ0v) is 12.4. The Hall–Kier alpha value is -1.92. The molecule has 20 heavy (non-hydrogen) atoms. The van der Waals surface area contributed by atoms with Gasteiger partial charge in [-0.3, -0.25) is 10.1 Å². The Balaban J connectivity index is 2.29. The van der Waals surface area contributed by atoms with Crippen molar-refractivity contribution in [1.29, 1.82) is 0 Å². The number of ether oxygens (including phenoxy) is 1. The fraction of sp³-hybridized carbons (Fsp3) is 0.143. The first-order valence-corrected chi connectivity index (χ1v) is 6.75. The smallest absolute Gasteiger partial charge is 0.311 e. The summed E-state index contributed by atoms with van der Waals surface area (Å²) in [6.45, 7) is 0.740. The van der Waals surface area contributed by atoms with Gasteiger partial charge in [0.25, 0.3) is 0 Å². The van der Waals surface area contributed by atoms with Crippen LogP contribution in [-0.4, -0.2) is 12.0 Å². The third-order valence-electron chi connectivity index (χ3n) is 2.66. The Labute approximate surface area is 124 Å². The van der Waals surface area contributed by atoms with Gasteiger partial charge in [-0.1, -0.05) is 18.2 Å². The molecule has 5 nitrogen and oxygen atoms in total. The molecule has 104 valence electrons. The lowest BCUT2D eigenvalue weighted by Gasteiger charge is -2.09. The molecule has 1 N–H and O–H groups in total. The molecular formula is C14H13BrN2O3. The summed E-state index contributed by atoms with van der Waals surface area (Å²) in [6.07, 6.45) is 0. The van der Waals surface area contributed by atoms with Crippen molar-refractivity contribution in [3.63, 3.8) is 0 Å². The zero-order valence-electron chi connectivity index (χ0n) is 10.8. The van der Waals surface area contributed by atoms with Gasteiger partial charge in [0.05, 0.1) is 9.40 Å². The highest BCUT2D eigenvalue weighted by Crippen LogP contribution is 2.35. The van der Waals surface area contributed by atoms with E-state index in [9.17, 15) is 10.1 Å². The van der Waals surface area contributed by atoms with Gasteiger partial charge in [0.15, 0.2) is 0 Å². The zero-order chi connectivity index (χ0) is 14.5. The molecule has 6 heteroatoms. The summed E-state index contributed by atoms with van der Waals surface area (Å²) in [7, 11) is 1.87. The lowest BCUT2D eigenvalue weighted by Crippen LogP contribution is -2.04. The molecule has 2 aromatic carbocycles. The van der Waals surface area contributed by atoms with Gasteiger partial charge in [-0.2, -0.15) is 0 Å². The molecule has 0 saturated heterocycles. The van der Waals surface area contributed by atoms with Crippen molar-refractivity contribution in [2.75, 3.05) is 7.05 Å². The second-order valence-electron chi connectivity index (χ2n) is 4.12. The van der Waals surface area contributed by atoms with Crippen LogP contribution in [0.1, 0.15) is 5.56 Å². The summed E-state index contributed by atoms with van der Waals surface area (Å²) >= 11 is 3.41. The van der Waals surface area contributed by atoms with Crippen LogP contribution in [0.25, 0.3) is 0 Å². The van der Waals surface area contributed by atoms with Crippen molar-refractivity contribution in [3.05, 3.63) is 62.6 Å². The number of rotatable bonds is 5. The fourth-order valence-electron chi connectivity index (χ4n) is 1.75. The van der Waals surface area contributed by atoms with E-state index in [1.54, 1.807) is 24.3 Å². The molecule has 0 heterocycles. The summed E-state index contributed by atoms with van der Waals surface area (Å²) < 4.78 is 6.38. The molecule has 0 aromatic heterocycles. The number of para-hydroxylation sites is 2. The van der Waals surface area contributed by atoms with Crippen LogP contribution in [0.5, 0.6) is 11.5 Å². The van der Waals surface area contributed by atoms with E-state index in [-0.39, 0.29) is 11.4 Å². The maximum Gasteiger partial charge on any atom is 0.311 e. The van der Waals surface area contributed by atoms with Crippen LogP contribution in [0.15, 0.2) is 46.9 Å². The van der Waals surface area contributed by atoms with E-state index in [1.165, 1.54) is 6.07 Å². The second kappa shape index (κ2) is 6.49. The van der Waals surface area contributed by atoms with E-state index in [1.807, 2.05) is 19.2 Å². The summed E-state index contributed by atoms with van der Waals surface area (Å²) in [6, 6.07) is 11.9. The van der Waals surface area contributed by atoms with E-state index in [0.29, 0.717) is 5.75 Å². The number of hydrogen-bond acceptors (Lipinski definition) is 4. The van der Waals surface area contributed by atoms with Gasteiger partial charge < -0.3 is 10.1 Å². The predicted octanol–water partition coefficient (Wildman–Crippen LogP) is 3.87. The molecule has 0 aliphatic heterocycles. The number of nitrogens with one attached hydrogen (secondary N) is 1. The van der Waals surface area contributed by atoms with Crippen molar-refractivity contribution in [2.24, 2.45) is 0 Å². The van der Waals surface area contributed by atoms with Crippen LogP contribution in [0.4, 0.5) is 5.69 Å². The monoisotopic (exact) mass is 336 g/mol. The standard InChI is InChI=1S/C14H13BrN2O3/c1-16-9-10-6-7-13(11(15)8-10)20-14-5-3-2-4-12(14)17(18)19/h2-8,16H,9H2,1H3. The van der Waals surface area contributed by atoms with Crippen molar-refractivity contribution < 1.29 is 9.66 Å². The number of benzene rings is 2. The Morgan fingerprint density at radius 2 is 2.00 bits per heavy atom. The molecule has 0 unspecified atom stereocenters. The normalized spacial score (nSPS) is 10.3. The molecule has 0 aliphatic carbocycles. The number of nitro benzene ring substituents is 1. The van der Waals surface area contributed by atoms with Crippen LogP contribution in [0.3, 0.4) is 0 Å². The minimum Gasteiger partial charge on any atom is -0.449 e.